The largest absolute Gasteiger partial charge is 0.484 e. The zero-order valence-electron chi connectivity index (χ0n) is 33.6. The number of aromatic amines is 1. The summed E-state index contributed by atoms with van der Waals surface area (Å²) in [7, 11) is 0. The third-order valence-corrected chi connectivity index (χ3v) is 9.69. The van der Waals surface area contributed by atoms with Crippen molar-refractivity contribution in [1.29, 1.82) is 0 Å². The maximum absolute atomic E-state index is 12.5. The number of carboxylic acid groups (broad SMARTS) is 1. The Bertz CT molecular complexity index is 1570. The molecule has 2 aromatic rings. The van der Waals surface area contributed by atoms with E-state index in [2.05, 4.69) is 33.2 Å². The number of primary amides is 1. The van der Waals surface area contributed by atoms with Crippen LogP contribution in [-0.2, 0) is 16.0 Å². The first-order valence-corrected chi connectivity index (χ1v) is 19.5. The summed E-state index contributed by atoms with van der Waals surface area (Å²) in [5.74, 6) is -0.0457. The van der Waals surface area contributed by atoms with Crippen LogP contribution in [0.25, 0.3) is 11.0 Å². The van der Waals surface area contributed by atoms with Gasteiger partial charge in [0.05, 0.1) is 11.0 Å². The predicted octanol–water partition coefficient (Wildman–Crippen LogP) is 8.50. The monoisotopic (exact) mass is 803 g/mol. The van der Waals surface area contributed by atoms with Gasteiger partial charge in [0, 0.05) is 18.5 Å². The number of H-pyrrole nitrogens is 1. The number of hydrogen-bond acceptors (Lipinski definition) is 6. The van der Waals surface area contributed by atoms with E-state index in [0.717, 1.165) is 31.6 Å². The van der Waals surface area contributed by atoms with Crippen LogP contribution in [0.4, 0.5) is 26.7 Å². The Hall–Kier alpha value is -4.24. The Balaban J connectivity index is 0.000000450. The number of amides is 3. The minimum Gasteiger partial charge on any atom is -0.484 e. The van der Waals surface area contributed by atoms with Gasteiger partial charge in [-0.05, 0) is 61.5 Å². The number of ether oxygens (including phenoxy) is 1. The van der Waals surface area contributed by atoms with E-state index in [1.807, 2.05) is 27.7 Å². The third-order valence-electron chi connectivity index (χ3n) is 9.69. The first kappa shape index (κ1) is 49.8. The van der Waals surface area contributed by atoms with Gasteiger partial charge in [-0.25, -0.2) is 18.6 Å². The maximum atomic E-state index is 12.5. The number of nitrogens with two attached hydrogens (primary N) is 1. The second-order valence-corrected chi connectivity index (χ2v) is 14.4. The van der Waals surface area contributed by atoms with E-state index in [9.17, 15) is 41.1 Å². The molecule has 318 valence electrons. The first-order chi connectivity index (χ1) is 26.4. The predicted molar refractivity (Wildman–Crippen MR) is 208 cm³/mol. The number of halogens is 5. The summed E-state index contributed by atoms with van der Waals surface area (Å²) in [6, 6.07) is 2.87. The lowest BCUT2D eigenvalue weighted by Gasteiger charge is -2.30. The van der Waals surface area contributed by atoms with Gasteiger partial charge in [0.1, 0.15) is 23.5 Å². The number of likely N-dealkylation sites (tertiary alicyclic amines) is 1. The molecule has 2 heterocycles. The molecule has 1 aliphatic heterocycles. The van der Waals surface area contributed by atoms with Crippen molar-refractivity contribution in [2.45, 2.75) is 130 Å². The Kier molecular flexibility index (Phi) is 21.7. The fourth-order valence-electron chi connectivity index (χ4n) is 6.28. The first-order valence-electron chi connectivity index (χ1n) is 19.5. The van der Waals surface area contributed by atoms with Crippen molar-refractivity contribution in [1.82, 2.24) is 20.2 Å². The molecule has 0 spiro atoms. The lowest BCUT2D eigenvalue weighted by molar-refractivity contribution is -0.153. The fourth-order valence-corrected chi connectivity index (χ4v) is 6.28. The normalized spacial score (nSPS) is 20.2. The van der Waals surface area contributed by atoms with E-state index >= 15 is 0 Å². The third kappa shape index (κ3) is 17.3. The van der Waals surface area contributed by atoms with E-state index in [0.29, 0.717) is 42.0 Å². The number of carbonyl (C=O) groups is 3. The number of hydrogen-bond donors (Lipinski definition) is 4. The Morgan fingerprint density at radius 2 is 1.73 bits per heavy atom. The van der Waals surface area contributed by atoms with Crippen LogP contribution in [0.1, 0.15) is 105 Å². The highest BCUT2D eigenvalue weighted by Gasteiger charge is 2.43. The second kappa shape index (κ2) is 24.4. The van der Waals surface area contributed by atoms with Crippen LogP contribution >= 0.6 is 0 Å². The molecule has 2 unspecified atom stereocenters. The molecule has 1 aromatic carbocycles. The summed E-state index contributed by atoms with van der Waals surface area (Å²) in [6.07, 6.45) is 2.31. The van der Waals surface area contributed by atoms with Crippen LogP contribution in [0.2, 0.25) is 0 Å². The van der Waals surface area contributed by atoms with Crippen molar-refractivity contribution in [3.8, 4) is 5.75 Å². The van der Waals surface area contributed by atoms with Crippen LogP contribution in [0, 0.1) is 29.6 Å². The summed E-state index contributed by atoms with van der Waals surface area (Å²) in [5.41, 5.74) is 6.51. The number of aromatic nitrogens is 2. The van der Waals surface area contributed by atoms with Crippen molar-refractivity contribution >= 4 is 28.9 Å². The average Bonchev–Trinajstić information content (AvgIpc) is 4.07. The standard InChI is InChI=1S/C18H21F3N2O2.C13H23N3O4.C5H8F2.C2H6.C2H4/c19-18(20,21)11-25-13-8-9-14-16(10-13)23-17(24)15(22-14)5-3-1-2-4-12-6-7-12;1-4-8-5-6-16(10(8)11(14)17)12(18)9(7(2)3)15-13(19)20;1-3-2-4(3)5(6)7;2*1-2/h8-10,12H,1-7,11H2,(H,23,24);7-10,15H,4-6H2,1-3H3,(H2,14,17)(H,19,20);3-5H,2H2,1H3;1-2H3;1-2H2/t;8-,9+,10+;;;/m.1.../s1. The van der Waals surface area contributed by atoms with Gasteiger partial charge in [-0.2, -0.15) is 13.2 Å². The van der Waals surface area contributed by atoms with Crippen LogP contribution < -0.4 is 21.3 Å². The molecule has 3 fully saturated rings. The fraction of sp³-hybridized carbons (Fsp3) is 0.675. The average molecular weight is 804 g/mol. The van der Waals surface area contributed by atoms with Gasteiger partial charge in [-0.15, -0.1) is 13.2 Å². The lowest BCUT2D eigenvalue weighted by atomic mass is 9.96. The SMILES string of the molecule is C=C.CC.CC1CC1C(F)F.CC[C@@H]1CCN(C(=O)[C@@H](NC(=O)O)C(C)C)[C@@H]1C(N)=O.O=c1[nH]c2cc(OCC(F)(F)F)ccc2nc1CCCCCC1CC1. The molecule has 3 amide bonds. The van der Waals surface area contributed by atoms with E-state index in [1.165, 1.54) is 42.7 Å². The molecule has 0 bridgehead atoms. The van der Waals surface area contributed by atoms with Gasteiger partial charge in [0.2, 0.25) is 18.2 Å². The molecule has 5 rings (SSSR count). The molecule has 1 saturated heterocycles. The van der Waals surface area contributed by atoms with E-state index in [-0.39, 0.29) is 35.0 Å². The van der Waals surface area contributed by atoms with Crippen molar-refractivity contribution in [2.75, 3.05) is 13.2 Å². The Morgan fingerprint density at radius 3 is 2.20 bits per heavy atom. The van der Waals surface area contributed by atoms with E-state index < -0.39 is 43.3 Å². The van der Waals surface area contributed by atoms with Crippen LogP contribution in [0.5, 0.6) is 5.75 Å². The summed E-state index contributed by atoms with van der Waals surface area (Å²) in [4.78, 5) is 55.4. The Morgan fingerprint density at radius 1 is 1.11 bits per heavy atom. The smallest absolute Gasteiger partial charge is 0.422 e. The highest BCUT2D eigenvalue weighted by molar-refractivity contribution is 5.91. The molecule has 11 nitrogen and oxygen atoms in total. The van der Waals surface area contributed by atoms with Gasteiger partial charge < -0.3 is 30.8 Å². The van der Waals surface area contributed by atoms with Gasteiger partial charge >= 0.3 is 12.3 Å². The number of alkyl halides is 5. The minimum absolute atomic E-state index is 0.0501. The maximum Gasteiger partial charge on any atom is 0.422 e. The zero-order valence-corrected chi connectivity index (χ0v) is 33.6. The lowest BCUT2D eigenvalue weighted by Crippen LogP contribution is -2.55. The topological polar surface area (TPSA) is 168 Å². The van der Waals surface area contributed by atoms with Gasteiger partial charge in [-0.3, -0.25) is 14.4 Å². The van der Waals surface area contributed by atoms with Gasteiger partial charge in [0.25, 0.3) is 5.56 Å². The van der Waals surface area contributed by atoms with E-state index in [4.69, 9.17) is 10.8 Å². The number of rotatable bonds is 14. The molecule has 5 N–H and O–H groups in total. The molecule has 5 atom stereocenters. The van der Waals surface area contributed by atoms with Crippen LogP contribution in [0.15, 0.2) is 36.2 Å². The molecule has 2 saturated carbocycles. The number of carbonyl (C=O) groups excluding carboxylic acids is 2. The molecule has 2 aliphatic carbocycles. The van der Waals surface area contributed by atoms with Crippen molar-refractivity contribution in [3.05, 3.63) is 47.4 Å². The summed E-state index contributed by atoms with van der Waals surface area (Å²) in [5, 5.41) is 11.0. The number of nitrogens with zero attached hydrogens (tertiary/aromatic N) is 2. The number of nitrogens with one attached hydrogen (secondary N) is 2. The molecule has 56 heavy (non-hydrogen) atoms. The molecular weight excluding hydrogens is 741 g/mol. The summed E-state index contributed by atoms with van der Waals surface area (Å²) in [6.45, 7) is 16.4. The second-order valence-electron chi connectivity index (χ2n) is 14.4. The quantitative estimate of drug-likeness (QED) is 0.0844. The molecular formula is C40H62F5N5O6. The van der Waals surface area contributed by atoms with Gasteiger partial charge in [-0.1, -0.05) is 80.1 Å². The minimum atomic E-state index is -4.40. The molecule has 3 aliphatic rings. The highest BCUT2D eigenvalue weighted by Crippen LogP contribution is 2.42. The molecule has 1 aromatic heterocycles. The van der Waals surface area contributed by atoms with Crippen molar-refractivity contribution in [2.24, 2.45) is 35.3 Å². The number of aryl methyl sites for hydroxylation is 1. The Labute approximate surface area is 327 Å². The molecule has 0 radical (unpaired) electrons. The number of fused-ring (bicyclic) bond motifs is 1. The highest BCUT2D eigenvalue weighted by atomic mass is 19.4. The summed E-state index contributed by atoms with van der Waals surface area (Å²) < 4.78 is 64.2. The number of unbranched alkanes of at least 4 members (excludes halogenated alkanes) is 2. The zero-order chi connectivity index (χ0) is 42.7. The van der Waals surface area contributed by atoms with Gasteiger partial charge in [0.15, 0.2) is 6.61 Å². The van der Waals surface area contributed by atoms with Crippen LogP contribution in [0.3, 0.4) is 0 Å². The summed E-state index contributed by atoms with van der Waals surface area (Å²) >= 11 is 0. The van der Waals surface area contributed by atoms with Crippen LogP contribution in [-0.4, -0.2) is 75.7 Å². The number of benzene rings is 1. The molecule has 16 heteroatoms. The van der Waals surface area contributed by atoms with Crippen molar-refractivity contribution in [3.63, 3.8) is 0 Å². The van der Waals surface area contributed by atoms with Crippen molar-refractivity contribution < 1.29 is 46.2 Å². The van der Waals surface area contributed by atoms with E-state index in [1.54, 1.807) is 19.9 Å².